The van der Waals surface area contributed by atoms with Crippen molar-refractivity contribution in [1.82, 2.24) is 0 Å². The van der Waals surface area contributed by atoms with Crippen LogP contribution < -0.4 is 10.5 Å². The summed E-state index contributed by atoms with van der Waals surface area (Å²) in [7, 11) is 1.66. The fourth-order valence-corrected chi connectivity index (χ4v) is 1.51. The lowest BCUT2D eigenvalue weighted by Gasteiger charge is -2.11. The Morgan fingerprint density at radius 3 is 2.33 bits per heavy atom. The first kappa shape index (κ1) is 15.0. The minimum absolute atomic E-state index is 0.108. The zero-order valence-electron chi connectivity index (χ0n) is 11.2. The minimum atomic E-state index is 0.108. The highest BCUT2D eigenvalue weighted by molar-refractivity contribution is 5.28. The third-order valence-corrected chi connectivity index (χ3v) is 2.68. The van der Waals surface area contributed by atoms with Crippen LogP contribution in [0.1, 0.15) is 24.9 Å². The topological polar surface area (TPSA) is 53.7 Å². The fourth-order valence-electron chi connectivity index (χ4n) is 1.51. The molecule has 102 valence electrons. The van der Waals surface area contributed by atoms with Gasteiger partial charge in [-0.05, 0) is 24.1 Å². The minimum Gasteiger partial charge on any atom is -0.491 e. The summed E-state index contributed by atoms with van der Waals surface area (Å²) in [6.45, 7) is 4.41. The van der Waals surface area contributed by atoms with Crippen molar-refractivity contribution in [2.75, 3.05) is 33.5 Å². The highest BCUT2D eigenvalue weighted by atomic mass is 16.5. The first-order valence-corrected chi connectivity index (χ1v) is 6.33. The zero-order valence-corrected chi connectivity index (χ0v) is 11.2. The summed E-state index contributed by atoms with van der Waals surface area (Å²) in [6.07, 6.45) is 0.938. The predicted octanol–water partition coefficient (Wildman–Crippen LogP) is 2.14. The first-order valence-electron chi connectivity index (χ1n) is 6.33. The number of benzene rings is 1. The molecular weight excluding hydrogens is 230 g/mol. The highest BCUT2D eigenvalue weighted by Gasteiger charge is 2.02. The Bertz CT molecular complexity index is 313. The molecule has 0 aliphatic heterocycles. The van der Waals surface area contributed by atoms with Crippen molar-refractivity contribution in [2.45, 2.75) is 19.4 Å². The van der Waals surface area contributed by atoms with Crippen LogP contribution in [0.4, 0.5) is 0 Å². The molecule has 1 rings (SSSR count). The largest absolute Gasteiger partial charge is 0.491 e. The lowest BCUT2D eigenvalue weighted by atomic mass is 10.1. The predicted molar refractivity (Wildman–Crippen MR) is 71.9 cm³/mol. The number of ether oxygens (including phenoxy) is 3. The van der Waals surface area contributed by atoms with Crippen LogP contribution in [-0.2, 0) is 9.47 Å². The molecule has 0 amide bonds. The van der Waals surface area contributed by atoms with Gasteiger partial charge in [0.15, 0.2) is 0 Å². The van der Waals surface area contributed by atoms with Crippen LogP contribution in [0.5, 0.6) is 5.75 Å². The standard InChI is InChI=1S/C14H23NO3/c1-3-14(15)12-4-6-13(7-5-12)18-11-10-17-9-8-16-2/h4-7,14H,3,8-11,15H2,1-2H3. The van der Waals surface area contributed by atoms with Gasteiger partial charge in [0.05, 0.1) is 19.8 Å². The Morgan fingerprint density at radius 2 is 1.72 bits per heavy atom. The second-order valence-electron chi connectivity index (χ2n) is 4.04. The third kappa shape index (κ3) is 5.49. The second-order valence-corrected chi connectivity index (χ2v) is 4.04. The lowest BCUT2D eigenvalue weighted by Crippen LogP contribution is -2.10. The molecule has 0 spiro atoms. The van der Waals surface area contributed by atoms with E-state index in [0.717, 1.165) is 17.7 Å². The number of methoxy groups -OCH3 is 1. The van der Waals surface area contributed by atoms with Crippen LogP contribution in [-0.4, -0.2) is 33.5 Å². The van der Waals surface area contributed by atoms with Gasteiger partial charge in [-0.2, -0.15) is 0 Å². The van der Waals surface area contributed by atoms with Gasteiger partial charge in [0.1, 0.15) is 12.4 Å². The van der Waals surface area contributed by atoms with Gasteiger partial charge in [0.2, 0.25) is 0 Å². The summed E-state index contributed by atoms with van der Waals surface area (Å²) in [5.74, 6) is 0.845. The summed E-state index contributed by atoms with van der Waals surface area (Å²) in [5, 5.41) is 0. The van der Waals surface area contributed by atoms with Gasteiger partial charge in [-0.15, -0.1) is 0 Å². The normalized spacial score (nSPS) is 12.4. The van der Waals surface area contributed by atoms with E-state index in [9.17, 15) is 0 Å². The number of hydrogen-bond acceptors (Lipinski definition) is 4. The van der Waals surface area contributed by atoms with Crippen molar-refractivity contribution in [3.63, 3.8) is 0 Å². The average molecular weight is 253 g/mol. The van der Waals surface area contributed by atoms with E-state index in [1.807, 2.05) is 24.3 Å². The first-order chi connectivity index (χ1) is 8.77. The monoisotopic (exact) mass is 253 g/mol. The molecule has 1 aromatic rings. The van der Waals surface area contributed by atoms with E-state index in [-0.39, 0.29) is 6.04 Å². The van der Waals surface area contributed by atoms with Gasteiger partial charge in [-0.1, -0.05) is 19.1 Å². The van der Waals surface area contributed by atoms with Crippen molar-refractivity contribution in [1.29, 1.82) is 0 Å². The SMILES string of the molecule is CCC(N)c1ccc(OCCOCCOC)cc1. The molecule has 1 unspecified atom stereocenters. The van der Waals surface area contributed by atoms with Crippen LogP contribution in [0.25, 0.3) is 0 Å². The van der Waals surface area contributed by atoms with E-state index >= 15 is 0 Å². The van der Waals surface area contributed by atoms with E-state index < -0.39 is 0 Å². The van der Waals surface area contributed by atoms with Crippen molar-refractivity contribution < 1.29 is 14.2 Å². The van der Waals surface area contributed by atoms with E-state index in [2.05, 4.69) is 6.92 Å². The molecular formula is C14H23NO3. The highest BCUT2D eigenvalue weighted by Crippen LogP contribution is 2.18. The number of rotatable bonds is 9. The molecule has 4 heteroatoms. The van der Waals surface area contributed by atoms with Crippen LogP contribution in [0.3, 0.4) is 0 Å². The number of nitrogens with two attached hydrogens (primary N) is 1. The zero-order chi connectivity index (χ0) is 13.2. The van der Waals surface area contributed by atoms with Crippen molar-refractivity contribution >= 4 is 0 Å². The Labute approximate surface area is 109 Å². The Hall–Kier alpha value is -1.10. The summed E-state index contributed by atoms with van der Waals surface area (Å²) in [4.78, 5) is 0. The maximum Gasteiger partial charge on any atom is 0.119 e. The van der Waals surface area contributed by atoms with Gasteiger partial charge in [-0.3, -0.25) is 0 Å². The van der Waals surface area contributed by atoms with Gasteiger partial charge in [0.25, 0.3) is 0 Å². The molecule has 0 heterocycles. The van der Waals surface area contributed by atoms with Crippen molar-refractivity contribution in [3.05, 3.63) is 29.8 Å². The van der Waals surface area contributed by atoms with E-state index in [1.165, 1.54) is 0 Å². The van der Waals surface area contributed by atoms with Crippen molar-refractivity contribution in [3.8, 4) is 5.75 Å². The third-order valence-electron chi connectivity index (χ3n) is 2.68. The molecule has 1 atom stereocenters. The fraction of sp³-hybridized carbons (Fsp3) is 0.571. The van der Waals surface area contributed by atoms with E-state index in [1.54, 1.807) is 7.11 Å². The Balaban J connectivity index is 2.22. The molecule has 0 radical (unpaired) electrons. The smallest absolute Gasteiger partial charge is 0.119 e. The molecule has 0 aliphatic carbocycles. The maximum absolute atomic E-state index is 5.94. The Morgan fingerprint density at radius 1 is 1.06 bits per heavy atom. The van der Waals surface area contributed by atoms with Crippen LogP contribution in [0.15, 0.2) is 24.3 Å². The van der Waals surface area contributed by atoms with Gasteiger partial charge in [-0.25, -0.2) is 0 Å². The molecule has 0 bridgehead atoms. The Kier molecular flexibility index (Phi) is 7.41. The van der Waals surface area contributed by atoms with Gasteiger partial charge in [0, 0.05) is 13.2 Å². The van der Waals surface area contributed by atoms with Gasteiger partial charge < -0.3 is 19.9 Å². The van der Waals surface area contributed by atoms with Crippen LogP contribution >= 0.6 is 0 Å². The molecule has 0 fully saturated rings. The second kappa shape index (κ2) is 8.91. The summed E-state index contributed by atoms with van der Waals surface area (Å²) >= 11 is 0. The number of hydrogen-bond donors (Lipinski definition) is 1. The molecule has 2 N–H and O–H groups in total. The molecule has 0 aliphatic rings. The summed E-state index contributed by atoms with van der Waals surface area (Å²) in [5.41, 5.74) is 7.08. The van der Waals surface area contributed by atoms with Crippen LogP contribution in [0, 0.1) is 0 Å². The molecule has 0 saturated heterocycles. The van der Waals surface area contributed by atoms with Crippen LogP contribution in [0.2, 0.25) is 0 Å². The quantitative estimate of drug-likeness (QED) is 0.685. The van der Waals surface area contributed by atoms with Gasteiger partial charge >= 0.3 is 0 Å². The molecule has 18 heavy (non-hydrogen) atoms. The van der Waals surface area contributed by atoms with Crippen molar-refractivity contribution in [2.24, 2.45) is 5.73 Å². The van der Waals surface area contributed by atoms with E-state index in [4.69, 9.17) is 19.9 Å². The average Bonchev–Trinajstić information content (AvgIpc) is 2.42. The molecule has 0 aromatic heterocycles. The summed E-state index contributed by atoms with van der Waals surface area (Å²) in [6, 6.07) is 8.02. The summed E-state index contributed by atoms with van der Waals surface area (Å²) < 4.78 is 15.7. The van der Waals surface area contributed by atoms with E-state index in [0.29, 0.717) is 26.4 Å². The lowest BCUT2D eigenvalue weighted by molar-refractivity contribution is 0.0544. The molecule has 4 nitrogen and oxygen atoms in total. The maximum atomic E-state index is 5.94. The molecule has 1 aromatic carbocycles. The molecule has 0 saturated carbocycles.